The van der Waals surface area contributed by atoms with Gasteiger partial charge in [-0.2, -0.15) is 0 Å². The van der Waals surface area contributed by atoms with E-state index in [4.69, 9.17) is 14.6 Å². The molecule has 0 saturated carbocycles. The summed E-state index contributed by atoms with van der Waals surface area (Å²) in [6, 6.07) is 7.04. The second-order valence-electron chi connectivity index (χ2n) is 4.41. The van der Waals surface area contributed by atoms with Crippen LogP contribution >= 0.6 is 0 Å². The predicted molar refractivity (Wildman–Crippen MR) is 71.2 cm³/mol. The minimum Gasteiger partial charge on any atom is -0.394 e. The van der Waals surface area contributed by atoms with Crippen LogP contribution < -0.4 is 0 Å². The molecule has 0 fully saturated rings. The lowest BCUT2D eigenvalue weighted by molar-refractivity contribution is -0.00760. The van der Waals surface area contributed by atoms with E-state index in [1.54, 1.807) is 24.3 Å². The molecule has 20 heavy (non-hydrogen) atoms. The molecule has 1 amide bonds. The molecule has 1 aromatic carbocycles. The number of amides is 1. The van der Waals surface area contributed by atoms with Gasteiger partial charge in [0.25, 0.3) is 5.91 Å². The lowest BCUT2D eigenvalue weighted by Crippen LogP contribution is -2.31. The molecule has 0 aliphatic carbocycles. The minimum absolute atomic E-state index is 0.00721. The van der Waals surface area contributed by atoms with E-state index in [0.717, 1.165) is 0 Å². The molecule has 2 rings (SSSR count). The van der Waals surface area contributed by atoms with Crippen LogP contribution in [0.3, 0.4) is 0 Å². The van der Waals surface area contributed by atoms with Crippen LogP contribution in [0, 0.1) is 0 Å². The molecule has 1 aliphatic rings. The van der Waals surface area contributed by atoms with Crippen LogP contribution in [0.2, 0.25) is 0 Å². The average molecular weight is 281 g/mol. The van der Waals surface area contributed by atoms with Gasteiger partial charge >= 0.3 is 0 Å². The summed E-state index contributed by atoms with van der Waals surface area (Å²) < 4.78 is 10.4. The zero-order chi connectivity index (χ0) is 14.4. The largest absolute Gasteiger partial charge is 0.394 e. The molecule has 6 nitrogen and oxygen atoms in total. The molecule has 0 bridgehead atoms. The Labute approximate surface area is 117 Å². The van der Waals surface area contributed by atoms with Crippen molar-refractivity contribution in [3.05, 3.63) is 35.4 Å². The Kier molecular flexibility index (Phi) is 5.49. The van der Waals surface area contributed by atoms with Crippen molar-refractivity contribution in [2.75, 3.05) is 39.6 Å². The fourth-order valence-electron chi connectivity index (χ4n) is 2.12. The quantitative estimate of drug-likeness (QED) is 0.664. The van der Waals surface area contributed by atoms with Gasteiger partial charge in [0.1, 0.15) is 0 Å². The summed E-state index contributed by atoms with van der Waals surface area (Å²) in [6.45, 7) is 1.74. The van der Waals surface area contributed by atoms with Crippen molar-refractivity contribution >= 4 is 5.91 Å². The number of benzene rings is 1. The number of nitrogens with zero attached hydrogens (tertiary/aromatic N) is 1. The molecule has 0 saturated heterocycles. The summed E-state index contributed by atoms with van der Waals surface area (Å²) in [7, 11) is 0. The van der Waals surface area contributed by atoms with E-state index in [1.165, 1.54) is 4.90 Å². The lowest BCUT2D eigenvalue weighted by atomic mass is 10.1. The molecule has 0 radical (unpaired) electrons. The summed E-state index contributed by atoms with van der Waals surface area (Å²) in [4.78, 5) is 13.5. The first-order valence-corrected chi connectivity index (χ1v) is 6.60. The Morgan fingerprint density at radius 2 is 1.80 bits per heavy atom. The van der Waals surface area contributed by atoms with Gasteiger partial charge in [-0.3, -0.25) is 4.79 Å². The van der Waals surface area contributed by atoms with Gasteiger partial charge in [-0.1, -0.05) is 18.2 Å². The van der Waals surface area contributed by atoms with Gasteiger partial charge in [0.05, 0.1) is 33.0 Å². The predicted octanol–water partition coefficient (Wildman–Crippen LogP) is 0.159. The van der Waals surface area contributed by atoms with E-state index in [9.17, 15) is 9.90 Å². The molecule has 6 heteroatoms. The zero-order valence-electron chi connectivity index (χ0n) is 11.2. The van der Waals surface area contributed by atoms with E-state index in [2.05, 4.69) is 0 Å². The summed E-state index contributed by atoms with van der Waals surface area (Å²) in [5.41, 5.74) is 1.19. The van der Waals surface area contributed by atoms with Crippen molar-refractivity contribution in [3.63, 3.8) is 0 Å². The number of hydrogen-bond acceptors (Lipinski definition) is 5. The maximum Gasteiger partial charge on any atom is 0.256 e. The molecule has 1 unspecified atom stereocenters. The molecule has 1 aromatic rings. The second kappa shape index (κ2) is 7.35. The maximum absolute atomic E-state index is 12.1. The van der Waals surface area contributed by atoms with Crippen LogP contribution in [0.5, 0.6) is 0 Å². The van der Waals surface area contributed by atoms with Crippen molar-refractivity contribution in [1.29, 1.82) is 0 Å². The molecule has 0 aromatic heterocycles. The molecule has 2 N–H and O–H groups in total. The van der Waals surface area contributed by atoms with E-state index < -0.39 is 6.23 Å². The van der Waals surface area contributed by atoms with Gasteiger partial charge in [-0.25, -0.2) is 0 Å². The Hall–Kier alpha value is -1.47. The fourth-order valence-corrected chi connectivity index (χ4v) is 2.12. The number of carbonyl (C=O) groups excluding carboxylic acids is 1. The molecule has 1 aliphatic heterocycles. The summed E-state index contributed by atoms with van der Waals surface area (Å²) in [6.07, 6.45) is -0.895. The summed E-state index contributed by atoms with van der Waals surface area (Å²) >= 11 is 0. The summed E-state index contributed by atoms with van der Waals surface area (Å²) in [5, 5.41) is 18.6. The summed E-state index contributed by atoms with van der Waals surface area (Å²) in [5.74, 6) is -0.173. The topological polar surface area (TPSA) is 79.2 Å². The van der Waals surface area contributed by atoms with E-state index >= 15 is 0 Å². The maximum atomic E-state index is 12.1. The highest BCUT2D eigenvalue weighted by Crippen LogP contribution is 2.30. The first-order valence-electron chi connectivity index (χ1n) is 6.60. The monoisotopic (exact) mass is 281 g/mol. The number of carbonyl (C=O) groups is 1. The van der Waals surface area contributed by atoms with Gasteiger partial charge in [0.15, 0.2) is 6.23 Å². The molecular weight excluding hydrogens is 262 g/mol. The van der Waals surface area contributed by atoms with Crippen LogP contribution in [0.1, 0.15) is 22.1 Å². The third kappa shape index (κ3) is 3.34. The smallest absolute Gasteiger partial charge is 0.256 e. The normalized spacial score (nSPS) is 17.6. The molecule has 110 valence electrons. The number of fused-ring (bicyclic) bond motifs is 1. The Balaban J connectivity index is 1.74. The minimum atomic E-state index is -0.895. The molecule has 1 heterocycles. The third-order valence-corrected chi connectivity index (χ3v) is 3.11. The van der Waals surface area contributed by atoms with Crippen LogP contribution in [-0.4, -0.2) is 60.6 Å². The Bertz CT molecular complexity index is 451. The number of aliphatic hydroxyl groups excluding tert-OH is 2. The second-order valence-corrected chi connectivity index (χ2v) is 4.41. The fraction of sp³-hybridized carbons (Fsp3) is 0.500. The highest BCUT2D eigenvalue weighted by atomic mass is 16.5. The van der Waals surface area contributed by atoms with Crippen molar-refractivity contribution in [1.82, 2.24) is 4.90 Å². The first kappa shape index (κ1) is 14.9. The number of aliphatic hydroxyl groups is 2. The van der Waals surface area contributed by atoms with Crippen molar-refractivity contribution in [3.8, 4) is 0 Å². The van der Waals surface area contributed by atoms with Crippen molar-refractivity contribution < 1.29 is 24.5 Å². The van der Waals surface area contributed by atoms with Crippen LogP contribution in [0.4, 0.5) is 0 Å². The van der Waals surface area contributed by atoms with Gasteiger partial charge in [0, 0.05) is 17.7 Å². The van der Waals surface area contributed by atoms with E-state index in [0.29, 0.717) is 44.1 Å². The highest BCUT2D eigenvalue weighted by Gasteiger charge is 2.34. The number of hydrogen-bond donors (Lipinski definition) is 2. The standard InChI is InChI=1S/C14H19NO5/c16-6-8-20-10-9-19-7-5-15-13(17)11-3-1-2-4-12(11)14(15)18/h1-4,13,16-17H,5-10H2. The number of ether oxygens (including phenoxy) is 2. The van der Waals surface area contributed by atoms with E-state index in [1.807, 2.05) is 0 Å². The Morgan fingerprint density at radius 1 is 1.10 bits per heavy atom. The van der Waals surface area contributed by atoms with E-state index in [-0.39, 0.29) is 12.5 Å². The van der Waals surface area contributed by atoms with Gasteiger partial charge in [-0.15, -0.1) is 0 Å². The van der Waals surface area contributed by atoms with Crippen LogP contribution in [-0.2, 0) is 9.47 Å². The lowest BCUT2D eigenvalue weighted by Gasteiger charge is -2.20. The Morgan fingerprint density at radius 3 is 2.50 bits per heavy atom. The van der Waals surface area contributed by atoms with Crippen molar-refractivity contribution in [2.24, 2.45) is 0 Å². The van der Waals surface area contributed by atoms with Crippen LogP contribution in [0.25, 0.3) is 0 Å². The number of rotatable bonds is 8. The van der Waals surface area contributed by atoms with Gasteiger partial charge in [-0.05, 0) is 6.07 Å². The SMILES string of the molecule is O=C1c2ccccc2C(O)N1CCOCCOCCO. The van der Waals surface area contributed by atoms with Crippen molar-refractivity contribution in [2.45, 2.75) is 6.23 Å². The first-order chi connectivity index (χ1) is 9.75. The zero-order valence-corrected chi connectivity index (χ0v) is 11.2. The molecule has 1 atom stereocenters. The highest BCUT2D eigenvalue weighted by molar-refractivity contribution is 5.98. The third-order valence-electron chi connectivity index (χ3n) is 3.11. The van der Waals surface area contributed by atoms with Gasteiger partial charge < -0.3 is 24.6 Å². The molecule has 0 spiro atoms. The average Bonchev–Trinajstić information content (AvgIpc) is 2.71. The molecular formula is C14H19NO5. The van der Waals surface area contributed by atoms with Gasteiger partial charge in [0.2, 0.25) is 0 Å². The van der Waals surface area contributed by atoms with Crippen LogP contribution in [0.15, 0.2) is 24.3 Å².